The number of aryl methyl sites for hydroxylation is 2. The van der Waals surface area contributed by atoms with Crippen molar-refractivity contribution in [1.29, 1.82) is 0 Å². The molecule has 166 valence electrons. The first kappa shape index (κ1) is 21.1. The number of carbonyl (C=O) groups is 1. The summed E-state index contributed by atoms with van der Waals surface area (Å²) in [5, 5.41) is 1.65. The number of thiazole rings is 1. The van der Waals surface area contributed by atoms with Gasteiger partial charge in [-0.25, -0.2) is 4.98 Å². The first-order chi connectivity index (χ1) is 15.6. The summed E-state index contributed by atoms with van der Waals surface area (Å²) in [6, 6.07) is 13.8. The van der Waals surface area contributed by atoms with E-state index < -0.39 is 0 Å². The van der Waals surface area contributed by atoms with Crippen molar-refractivity contribution in [3.63, 3.8) is 0 Å². The highest BCUT2D eigenvalue weighted by molar-refractivity contribution is 7.22. The first-order valence-electron chi connectivity index (χ1n) is 11.1. The van der Waals surface area contributed by atoms with E-state index in [2.05, 4.69) is 30.9 Å². The molecule has 6 nitrogen and oxygen atoms in total. The van der Waals surface area contributed by atoms with Gasteiger partial charge in [0.2, 0.25) is 0 Å². The van der Waals surface area contributed by atoms with E-state index in [1.165, 1.54) is 11.1 Å². The summed E-state index contributed by atoms with van der Waals surface area (Å²) < 4.78 is 12.5. The van der Waals surface area contributed by atoms with Crippen molar-refractivity contribution >= 4 is 43.6 Å². The Kier molecular flexibility index (Phi) is 5.95. The first-order valence-corrected chi connectivity index (χ1v) is 11.9. The van der Waals surface area contributed by atoms with Crippen LogP contribution in [0.4, 0.5) is 5.13 Å². The van der Waals surface area contributed by atoms with Crippen molar-refractivity contribution in [3.05, 3.63) is 59.4 Å². The predicted octanol–water partition coefficient (Wildman–Crippen LogP) is 5.03. The van der Waals surface area contributed by atoms with Gasteiger partial charge in [0.1, 0.15) is 5.58 Å². The van der Waals surface area contributed by atoms with Crippen molar-refractivity contribution in [2.45, 2.75) is 20.3 Å². The van der Waals surface area contributed by atoms with E-state index in [0.717, 1.165) is 65.6 Å². The Balaban J connectivity index is 1.45. The number of para-hydroxylation sites is 1. The summed E-state index contributed by atoms with van der Waals surface area (Å²) >= 11 is 1.58. The lowest BCUT2D eigenvalue weighted by Gasteiger charge is -2.27. The van der Waals surface area contributed by atoms with Gasteiger partial charge < -0.3 is 9.15 Å². The molecule has 4 aromatic rings. The van der Waals surface area contributed by atoms with Crippen molar-refractivity contribution in [2.75, 3.05) is 44.3 Å². The zero-order valence-corrected chi connectivity index (χ0v) is 19.3. The Morgan fingerprint density at radius 3 is 2.78 bits per heavy atom. The zero-order chi connectivity index (χ0) is 22.1. The third-order valence-electron chi connectivity index (χ3n) is 5.88. The molecule has 0 atom stereocenters. The molecule has 3 heterocycles. The normalized spacial score (nSPS) is 14.9. The fourth-order valence-corrected chi connectivity index (χ4v) is 5.30. The Labute approximate surface area is 191 Å². The molecule has 32 heavy (non-hydrogen) atoms. The van der Waals surface area contributed by atoms with Gasteiger partial charge in [-0.05, 0) is 49.6 Å². The lowest BCUT2D eigenvalue weighted by molar-refractivity contribution is 0.0376. The third-order valence-corrected chi connectivity index (χ3v) is 7.11. The third kappa shape index (κ3) is 4.28. The molecule has 1 saturated heterocycles. The minimum Gasteiger partial charge on any atom is -0.451 e. The van der Waals surface area contributed by atoms with Gasteiger partial charge in [-0.15, -0.1) is 0 Å². The maximum atomic E-state index is 13.6. The minimum absolute atomic E-state index is 0.142. The maximum absolute atomic E-state index is 13.6. The Bertz CT molecular complexity index is 1220. The topological polar surface area (TPSA) is 58.8 Å². The van der Waals surface area contributed by atoms with Gasteiger partial charge in [0.05, 0.1) is 23.4 Å². The van der Waals surface area contributed by atoms with Crippen LogP contribution in [0.3, 0.4) is 0 Å². The van der Waals surface area contributed by atoms with Crippen LogP contribution in [0.25, 0.3) is 21.2 Å². The SMILES string of the molecule is Cc1cc(C)c2sc(N(CCCN3CCOCC3)C(=O)c3cc4ccccc4o3)nc2c1. The minimum atomic E-state index is -0.142. The molecule has 1 aliphatic heterocycles. The molecule has 1 aliphatic rings. The van der Waals surface area contributed by atoms with Gasteiger partial charge in [-0.2, -0.15) is 0 Å². The molecule has 0 bridgehead atoms. The van der Waals surface area contributed by atoms with Gasteiger partial charge in [-0.1, -0.05) is 35.6 Å². The lowest BCUT2D eigenvalue weighted by atomic mass is 10.1. The second-order valence-electron chi connectivity index (χ2n) is 8.34. The average Bonchev–Trinajstić information content (AvgIpc) is 3.41. The number of ether oxygens (including phenoxy) is 1. The number of carbonyl (C=O) groups excluding carboxylic acids is 1. The van der Waals surface area contributed by atoms with E-state index in [1.54, 1.807) is 16.2 Å². The van der Waals surface area contributed by atoms with Crippen molar-refractivity contribution in [3.8, 4) is 0 Å². The van der Waals surface area contributed by atoms with E-state index in [0.29, 0.717) is 12.3 Å². The number of nitrogens with zero attached hydrogens (tertiary/aromatic N) is 3. The van der Waals surface area contributed by atoms with Crippen LogP contribution in [0.2, 0.25) is 0 Å². The molecule has 0 saturated carbocycles. The van der Waals surface area contributed by atoms with Crippen LogP contribution >= 0.6 is 11.3 Å². The van der Waals surface area contributed by atoms with E-state index >= 15 is 0 Å². The van der Waals surface area contributed by atoms with E-state index in [9.17, 15) is 4.79 Å². The summed E-state index contributed by atoms with van der Waals surface area (Å²) in [6.07, 6.45) is 0.861. The van der Waals surface area contributed by atoms with Crippen molar-refractivity contribution in [1.82, 2.24) is 9.88 Å². The fourth-order valence-electron chi connectivity index (χ4n) is 4.26. The number of hydrogen-bond acceptors (Lipinski definition) is 6. The highest BCUT2D eigenvalue weighted by atomic mass is 32.1. The molecule has 2 aromatic heterocycles. The molecule has 0 radical (unpaired) electrons. The van der Waals surface area contributed by atoms with E-state index in [4.69, 9.17) is 14.1 Å². The van der Waals surface area contributed by atoms with Crippen LogP contribution in [-0.4, -0.2) is 55.2 Å². The molecule has 0 N–H and O–H groups in total. The average molecular weight is 450 g/mol. The lowest BCUT2D eigenvalue weighted by Crippen LogP contribution is -2.39. The summed E-state index contributed by atoms with van der Waals surface area (Å²) in [6.45, 7) is 9.12. The number of anilines is 1. The van der Waals surface area contributed by atoms with Crippen molar-refractivity contribution < 1.29 is 13.9 Å². The molecule has 0 aliphatic carbocycles. The molecule has 0 unspecified atom stereocenters. The molecule has 5 rings (SSSR count). The number of furan rings is 1. The summed E-state index contributed by atoms with van der Waals surface area (Å²) in [5.41, 5.74) is 4.03. The van der Waals surface area contributed by atoms with Crippen LogP contribution < -0.4 is 4.90 Å². The number of morpholine rings is 1. The standard InChI is InChI=1S/C25H27N3O3S/c1-17-14-18(2)23-20(15-17)26-25(32-23)28(9-5-8-27-10-12-30-13-11-27)24(29)22-16-19-6-3-4-7-21(19)31-22/h3-4,6-7,14-16H,5,8-13H2,1-2H3. The van der Waals surface area contributed by atoms with Crippen LogP contribution in [0.1, 0.15) is 28.1 Å². The maximum Gasteiger partial charge on any atom is 0.295 e. The summed E-state index contributed by atoms with van der Waals surface area (Å²) in [4.78, 5) is 22.6. The largest absolute Gasteiger partial charge is 0.451 e. The van der Waals surface area contributed by atoms with Gasteiger partial charge in [0.15, 0.2) is 10.9 Å². The molecular formula is C25H27N3O3S. The number of amides is 1. The Morgan fingerprint density at radius 2 is 1.97 bits per heavy atom. The molecule has 1 amide bonds. The Hall–Kier alpha value is -2.74. The monoisotopic (exact) mass is 449 g/mol. The molecule has 7 heteroatoms. The fraction of sp³-hybridized carbons (Fsp3) is 0.360. The van der Waals surface area contributed by atoms with Gasteiger partial charge in [0, 0.05) is 31.6 Å². The molecule has 2 aromatic carbocycles. The second-order valence-corrected chi connectivity index (χ2v) is 9.32. The van der Waals surface area contributed by atoms with Crippen LogP contribution in [-0.2, 0) is 4.74 Å². The number of aromatic nitrogens is 1. The number of benzene rings is 2. The number of fused-ring (bicyclic) bond motifs is 2. The zero-order valence-electron chi connectivity index (χ0n) is 18.5. The number of hydrogen-bond donors (Lipinski definition) is 0. The van der Waals surface area contributed by atoms with Crippen LogP contribution in [0.15, 0.2) is 46.9 Å². The van der Waals surface area contributed by atoms with Gasteiger partial charge >= 0.3 is 0 Å². The van der Waals surface area contributed by atoms with Gasteiger partial charge in [-0.3, -0.25) is 14.6 Å². The predicted molar refractivity (Wildman–Crippen MR) is 129 cm³/mol. The highest BCUT2D eigenvalue weighted by Gasteiger charge is 2.25. The molecular weight excluding hydrogens is 422 g/mol. The number of rotatable bonds is 6. The van der Waals surface area contributed by atoms with E-state index in [1.807, 2.05) is 30.3 Å². The highest BCUT2D eigenvalue weighted by Crippen LogP contribution is 2.33. The van der Waals surface area contributed by atoms with Gasteiger partial charge in [0.25, 0.3) is 5.91 Å². The quantitative estimate of drug-likeness (QED) is 0.413. The second kappa shape index (κ2) is 9.02. The van der Waals surface area contributed by atoms with Crippen LogP contribution in [0, 0.1) is 13.8 Å². The summed E-state index contributed by atoms with van der Waals surface area (Å²) in [5.74, 6) is 0.210. The van der Waals surface area contributed by atoms with Crippen LogP contribution in [0.5, 0.6) is 0 Å². The van der Waals surface area contributed by atoms with E-state index in [-0.39, 0.29) is 5.91 Å². The van der Waals surface area contributed by atoms with Crippen molar-refractivity contribution in [2.24, 2.45) is 0 Å². The molecule has 0 spiro atoms. The Morgan fingerprint density at radius 1 is 1.16 bits per heavy atom. The molecule has 1 fully saturated rings. The smallest absolute Gasteiger partial charge is 0.295 e. The summed E-state index contributed by atoms with van der Waals surface area (Å²) in [7, 11) is 0.